The molecule has 4 nitrogen and oxygen atoms in total. The lowest BCUT2D eigenvalue weighted by Crippen LogP contribution is -2.42. The molecule has 2 aromatic rings. The Labute approximate surface area is 174 Å². The first-order valence-corrected chi connectivity index (χ1v) is 10.7. The van der Waals surface area contributed by atoms with Gasteiger partial charge in [0.2, 0.25) is 0 Å². The minimum atomic E-state index is -4.66. The molecule has 168 valence electrons. The third-order valence-electron chi connectivity index (χ3n) is 5.15. The van der Waals surface area contributed by atoms with Crippen molar-refractivity contribution in [3.05, 3.63) is 65.2 Å². The molecule has 1 amide bonds. The van der Waals surface area contributed by atoms with Gasteiger partial charge in [-0.1, -0.05) is 6.07 Å². The van der Waals surface area contributed by atoms with Crippen molar-refractivity contribution in [2.75, 3.05) is 6.54 Å². The molecule has 3 rings (SSSR count). The summed E-state index contributed by atoms with van der Waals surface area (Å²) in [6.07, 6.45) is -8.85. The van der Waals surface area contributed by atoms with E-state index in [1.807, 2.05) is 0 Å². The molecular formula is C20H17F6NO3S. The number of halogens is 6. The lowest BCUT2D eigenvalue weighted by atomic mass is 9.84. The van der Waals surface area contributed by atoms with Gasteiger partial charge in [0.1, 0.15) is 0 Å². The highest BCUT2D eigenvalue weighted by atomic mass is 32.2. The van der Waals surface area contributed by atoms with Crippen LogP contribution in [0.1, 0.15) is 34.3 Å². The summed E-state index contributed by atoms with van der Waals surface area (Å²) >= 11 is 0. The number of alkyl halides is 6. The van der Waals surface area contributed by atoms with Gasteiger partial charge in [0.05, 0.1) is 21.3 Å². The van der Waals surface area contributed by atoms with Gasteiger partial charge in [-0.05, 0) is 61.2 Å². The van der Waals surface area contributed by atoms with E-state index < -0.39 is 49.4 Å². The molecule has 0 saturated heterocycles. The molecule has 2 aromatic carbocycles. The zero-order valence-corrected chi connectivity index (χ0v) is 16.6. The second-order valence-electron chi connectivity index (χ2n) is 7.32. The number of hydrogen-bond acceptors (Lipinski definition) is 3. The van der Waals surface area contributed by atoms with Crippen molar-refractivity contribution in [1.29, 1.82) is 0 Å². The number of benzene rings is 2. The van der Waals surface area contributed by atoms with Crippen LogP contribution in [0.3, 0.4) is 0 Å². The number of amides is 1. The molecule has 31 heavy (non-hydrogen) atoms. The van der Waals surface area contributed by atoms with Crippen molar-refractivity contribution >= 4 is 15.7 Å². The molecule has 0 spiro atoms. The first kappa shape index (κ1) is 23.1. The molecule has 0 bridgehead atoms. The molecule has 0 radical (unpaired) electrons. The fraction of sp³-hybridized carbons (Fsp3) is 0.350. The van der Waals surface area contributed by atoms with Crippen LogP contribution in [0.2, 0.25) is 0 Å². The molecule has 1 aliphatic rings. The highest BCUT2D eigenvalue weighted by molar-refractivity contribution is 7.92. The quantitative estimate of drug-likeness (QED) is 0.651. The first-order chi connectivity index (χ1) is 14.3. The average molecular weight is 465 g/mol. The summed E-state index contributed by atoms with van der Waals surface area (Å²) in [7, 11) is -3.95. The van der Waals surface area contributed by atoms with Crippen LogP contribution in [0.4, 0.5) is 26.3 Å². The lowest BCUT2D eigenvalue weighted by Gasteiger charge is -2.35. The van der Waals surface area contributed by atoms with Crippen molar-refractivity contribution in [1.82, 2.24) is 5.32 Å². The summed E-state index contributed by atoms with van der Waals surface area (Å²) in [4.78, 5) is 11.7. The molecule has 11 heteroatoms. The van der Waals surface area contributed by atoms with E-state index in [0.29, 0.717) is 6.07 Å². The van der Waals surface area contributed by atoms with Gasteiger partial charge in [0, 0.05) is 12.1 Å². The van der Waals surface area contributed by atoms with Gasteiger partial charge in [0.15, 0.2) is 9.84 Å². The molecule has 1 aliphatic carbocycles. The Morgan fingerprint density at radius 1 is 0.903 bits per heavy atom. The number of sulfone groups is 1. The summed E-state index contributed by atoms with van der Waals surface area (Å²) in [5, 5.41) is 1.68. The highest BCUT2D eigenvalue weighted by Crippen LogP contribution is 2.38. The SMILES string of the molecule is O=C(NC[C@H]1C[C@H](S(=O)(=O)c2cccc(C(F)(F)F)c2)C1)c1ccc(C(F)(F)F)cc1. The van der Waals surface area contributed by atoms with E-state index in [1.165, 1.54) is 0 Å². The number of rotatable bonds is 5. The van der Waals surface area contributed by atoms with Crippen molar-refractivity contribution in [2.24, 2.45) is 5.92 Å². The number of carbonyl (C=O) groups is 1. The molecule has 1 saturated carbocycles. The van der Waals surface area contributed by atoms with Gasteiger partial charge in [-0.3, -0.25) is 4.79 Å². The minimum Gasteiger partial charge on any atom is -0.352 e. The minimum absolute atomic E-state index is 0.0282. The first-order valence-electron chi connectivity index (χ1n) is 9.15. The van der Waals surface area contributed by atoms with Crippen LogP contribution in [0.25, 0.3) is 0 Å². The lowest BCUT2D eigenvalue weighted by molar-refractivity contribution is -0.138. The van der Waals surface area contributed by atoms with Gasteiger partial charge in [-0.15, -0.1) is 0 Å². The number of nitrogens with one attached hydrogen (secondary N) is 1. The van der Waals surface area contributed by atoms with Crippen LogP contribution in [0.15, 0.2) is 53.4 Å². The molecule has 1 fully saturated rings. The van der Waals surface area contributed by atoms with E-state index in [2.05, 4.69) is 5.32 Å². The van der Waals surface area contributed by atoms with E-state index in [-0.39, 0.29) is 30.9 Å². The Balaban J connectivity index is 1.55. The topological polar surface area (TPSA) is 63.2 Å². The fourth-order valence-electron chi connectivity index (χ4n) is 3.29. The Morgan fingerprint density at radius 2 is 1.48 bits per heavy atom. The summed E-state index contributed by atoms with van der Waals surface area (Å²) in [6, 6.07) is 7.21. The molecule has 0 atom stereocenters. The van der Waals surface area contributed by atoms with E-state index in [1.54, 1.807) is 0 Å². The zero-order chi connectivity index (χ0) is 23.0. The van der Waals surface area contributed by atoms with Crippen molar-refractivity contribution in [2.45, 2.75) is 35.3 Å². The third-order valence-corrected chi connectivity index (χ3v) is 7.32. The zero-order valence-electron chi connectivity index (χ0n) is 15.8. The molecule has 0 aliphatic heterocycles. The molecule has 0 aromatic heterocycles. The van der Waals surface area contributed by atoms with E-state index >= 15 is 0 Å². The highest BCUT2D eigenvalue weighted by Gasteiger charge is 2.40. The summed E-state index contributed by atoms with van der Waals surface area (Å²) in [6.45, 7) is 0.106. The maximum absolute atomic E-state index is 12.8. The van der Waals surface area contributed by atoms with E-state index in [0.717, 1.165) is 42.5 Å². The maximum Gasteiger partial charge on any atom is 0.416 e. The predicted octanol–water partition coefficient (Wildman–Crippen LogP) is 4.71. The largest absolute Gasteiger partial charge is 0.416 e. The van der Waals surface area contributed by atoms with Crippen molar-refractivity contribution < 1.29 is 39.6 Å². The summed E-state index contributed by atoms with van der Waals surface area (Å²) < 4.78 is 101. The average Bonchev–Trinajstić information content (AvgIpc) is 2.65. The normalized spacial score (nSPS) is 19.5. The molecule has 0 unspecified atom stereocenters. The van der Waals surface area contributed by atoms with Gasteiger partial charge in [0.25, 0.3) is 5.91 Å². The van der Waals surface area contributed by atoms with Gasteiger partial charge in [-0.2, -0.15) is 26.3 Å². The van der Waals surface area contributed by atoms with Crippen molar-refractivity contribution in [3.8, 4) is 0 Å². The van der Waals surface area contributed by atoms with Crippen LogP contribution >= 0.6 is 0 Å². The summed E-state index contributed by atoms with van der Waals surface area (Å²) in [5.74, 6) is -0.804. The van der Waals surface area contributed by atoms with Crippen LogP contribution in [-0.4, -0.2) is 26.1 Å². The Hall–Kier alpha value is -2.56. The van der Waals surface area contributed by atoms with E-state index in [4.69, 9.17) is 0 Å². The Bertz CT molecular complexity index is 1060. The standard InChI is InChI=1S/C20H17F6NO3S/c21-19(22,23)14-6-4-13(5-7-14)18(28)27-11-12-8-17(9-12)31(29,30)16-3-1-2-15(10-16)20(24,25)26/h1-7,10,12,17H,8-9,11H2,(H,27,28)/t12-,17-. The third kappa shape index (κ3) is 5.20. The van der Waals surface area contributed by atoms with Crippen LogP contribution < -0.4 is 5.32 Å². The van der Waals surface area contributed by atoms with E-state index in [9.17, 15) is 39.6 Å². The second-order valence-corrected chi connectivity index (χ2v) is 9.54. The smallest absolute Gasteiger partial charge is 0.352 e. The summed E-state index contributed by atoms with van der Waals surface area (Å²) in [5.41, 5.74) is -1.90. The van der Waals surface area contributed by atoms with Gasteiger partial charge < -0.3 is 5.32 Å². The van der Waals surface area contributed by atoms with Crippen LogP contribution in [0, 0.1) is 5.92 Å². The van der Waals surface area contributed by atoms with Crippen molar-refractivity contribution in [3.63, 3.8) is 0 Å². The maximum atomic E-state index is 12.8. The predicted molar refractivity (Wildman–Crippen MR) is 98.9 cm³/mol. The monoisotopic (exact) mass is 465 g/mol. The molecule has 0 heterocycles. The molecule has 1 N–H and O–H groups in total. The number of carbonyl (C=O) groups excluding carboxylic acids is 1. The van der Waals surface area contributed by atoms with Gasteiger partial charge in [-0.25, -0.2) is 8.42 Å². The second kappa shape index (κ2) is 8.18. The van der Waals surface area contributed by atoms with Crippen LogP contribution in [-0.2, 0) is 22.2 Å². The van der Waals surface area contributed by atoms with Gasteiger partial charge >= 0.3 is 12.4 Å². The Morgan fingerprint density at radius 3 is 2.03 bits per heavy atom. The number of hydrogen-bond donors (Lipinski definition) is 1. The van der Waals surface area contributed by atoms with Crippen LogP contribution in [0.5, 0.6) is 0 Å². The Kier molecular flexibility index (Phi) is 6.09. The fourth-order valence-corrected chi connectivity index (χ4v) is 5.28. The molecular weight excluding hydrogens is 448 g/mol.